The van der Waals surface area contributed by atoms with Crippen molar-refractivity contribution in [3.05, 3.63) is 64.7 Å². The quantitative estimate of drug-likeness (QED) is 0.774. The van der Waals surface area contributed by atoms with Gasteiger partial charge in [-0.3, -0.25) is 4.79 Å². The summed E-state index contributed by atoms with van der Waals surface area (Å²) in [5, 5.41) is 12.0. The minimum atomic E-state index is -0.970. The Bertz CT molecular complexity index is 755. The zero-order valence-electron chi connectivity index (χ0n) is 14.5. The molecule has 0 saturated heterocycles. The molecule has 2 N–H and O–H groups in total. The number of hydrogen-bond donors (Lipinski definition) is 2. The summed E-state index contributed by atoms with van der Waals surface area (Å²) >= 11 is 0. The van der Waals surface area contributed by atoms with Crippen LogP contribution in [-0.2, 0) is 17.6 Å². The van der Waals surface area contributed by atoms with Gasteiger partial charge in [-0.2, -0.15) is 0 Å². The summed E-state index contributed by atoms with van der Waals surface area (Å²) in [5.74, 6) is -0.246. The fraction of sp³-hybridized carbons (Fsp3) is 0.300. The number of aromatic carboxylic acids is 1. The lowest BCUT2D eigenvalue weighted by molar-refractivity contribution is -0.121. The summed E-state index contributed by atoms with van der Waals surface area (Å²) in [6.45, 7) is 2.53. The maximum Gasteiger partial charge on any atom is 0.335 e. The Balaban J connectivity index is 1.84. The van der Waals surface area contributed by atoms with Gasteiger partial charge in [0.1, 0.15) is 5.75 Å². The first-order valence-corrected chi connectivity index (χ1v) is 8.22. The van der Waals surface area contributed by atoms with E-state index in [1.807, 2.05) is 25.1 Å². The van der Waals surface area contributed by atoms with E-state index in [2.05, 4.69) is 5.32 Å². The van der Waals surface area contributed by atoms with E-state index < -0.39 is 5.97 Å². The van der Waals surface area contributed by atoms with Gasteiger partial charge in [0, 0.05) is 13.0 Å². The van der Waals surface area contributed by atoms with Crippen LogP contribution in [-0.4, -0.2) is 30.6 Å². The normalized spacial score (nSPS) is 10.3. The zero-order valence-corrected chi connectivity index (χ0v) is 14.5. The molecule has 0 atom stereocenters. The molecule has 0 aliphatic heterocycles. The van der Waals surface area contributed by atoms with Gasteiger partial charge in [0.2, 0.25) is 5.91 Å². The topological polar surface area (TPSA) is 75.6 Å². The highest BCUT2D eigenvalue weighted by Gasteiger charge is 2.11. The fourth-order valence-corrected chi connectivity index (χ4v) is 2.72. The van der Waals surface area contributed by atoms with Crippen molar-refractivity contribution < 1.29 is 19.4 Å². The molecule has 132 valence electrons. The lowest BCUT2D eigenvalue weighted by atomic mass is 10.0. The number of rotatable bonds is 8. The van der Waals surface area contributed by atoms with Crippen LogP contribution in [0.4, 0.5) is 0 Å². The minimum Gasteiger partial charge on any atom is -0.496 e. The lowest BCUT2D eigenvalue weighted by Crippen LogP contribution is -2.26. The number of aryl methyl sites for hydroxylation is 2. The van der Waals surface area contributed by atoms with E-state index in [0.717, 1.165) is 16.9 Å². The molecule has 0 spiro atoms. The van der Waals surface area contributed by atoms with E-state index in [4.69, 9.17) is 9.84 Å². The Kier molecular flexibility index (Phi) is 6.57. The van der Waals surface area contributed by atoms with Crippen molar-refractivity contribution in [3.63, 3.8) is 0 Å². The number of nitrogens with one attached hydrogen (secondary N) is 1. The fourth-order valence-electron chi connectivity index (χ4n) is 2.72. The highest BCUT2D eigenvalue weighted by atomic mass is 16.5. The summed E-state index contributed by atoms with van der Waals surface area (Å²) in [7, 11) is 1.63. The predicted molar refractivity (Wildman–Crippen MR) is 96.2 cm³/mol. The largest absolute Gasteiger partial charge is 0.496 e. The molecule has 0 aliphatic carbocycles. The zero-order chi connectivity index (χ0) is 18.2. The van der Waals surface area contributed by atoms with Gasteiger partial charge in [0.25, 0.3) is 0 Å². The van der Waals surface area contributed by atoms with Crippen LogP contribution in [0.3, 0.4) is 0 Å². The second-order valence-corrected chi connectivity index (χ2v) is 5.88. The number of carbonyl (C=O) groups is 2. The van der Waals surface area contributed by atoms with Gasteiger partial charge in [-0.05, 0) is 43.0 Å². The van der Waals surface area contributed by atoms with Crippen molar-refractivity contribution in [1.82, 2.24) is 5.32 Å². The van der Waals surface area contributed by atoms with Gasteiger partial charge in [-0.1, -0.05) is 35.9 Å². The second kappa shape index (κ2) is 8.87. The van der Waals surface area contributed by atoms with Crippen molar-refractivity contribution in [1.29, 1.82) is 0 Å². The molecule has 0 unspecified atom stereocenters. The molecule has 2 aromatic rings. The molecule has 0 aromatic heterocycles. The molecule has 2 aromatic carbocycles. The number of carboxylic acid groups (broad SMARTS) is 1. The Morgan fingerprint density at radius 2 is 1.84 bits per heavy atom. The van der Waals surface area contributed by atoms with E-state index in [1.54, 1.807) is 31.4 Å². The van der Waals surface area contributed by atoms with Gasteiger partial charge >= 0.3 is 5.97 Å². The number of carbonyl (C=O) groups excluding carboxylic acids is 1. The van der Waals surface area contributed by atoms with Crippen LogP contribution in [0.2, 0.25) is 0 Å². The molecule has 0 heterocycles. The molecular formula is C20H23NO4. The highest BCUT2D eigenvalue weighted by molar-refractivity contribution is 5.89. The van der Waals surface area contributed by atoms with E-state index in [1.165, 1.54) is 0 Å². The standard InChI is InChI=1S/C20H23NO4/c1-14-7-9-18(25-2)16(13-14)11-12-21-19(22)10-8-15-5-3-4-6-17(15)20(23)24/h3-7,9,13H,8,10-12H2,1-2H3,(H,21,22)(H,23,24). The van der Waals surface area contributed by atoms with Crippen LogP contribution in [0.25, 0.3) is 0 Å². The maximum absolute atomic E-state index is 12.0. The number of ether oxygens (including phenoxy) is 1. The molecule has 0 bridgehead atoms. The van der Waals surface area contributed by atoms with Gasteiger partial charge in [-0.15, -0.1) is 0 Å². The average Bonchev–Trinajstić information content (AvgIpc) is 2.60. The number of hydrogen-bond acceptors (Lipinski definition) is 3. The molecule has 1 amide bonds. The van der Waals surface area contributed by atoms with E-state index in [9.17, 15) is 9.59 Å². The first kappa shape index (κ1) is 18.5. The van der Waals surface area contributed by atoms with E-state index in [0.29, 0.717) is 24.9 Å². The number of methoxy groups -OCH3 is 1. The van der Waals surface area contributed by atoms with Crippen LogP contribution >= 0.6 is 0 Å². The molecule has 25 heavy (non-hydrogen) atoms. The molecule has 0 saturated carbocycles. The Labute approximate surface area is 147 Å². The Morgan fingerprint density at radius 3 is 2.56 bits per heavy atom. The molecule has 0 radical (unpaired) electrons. The third-order valence-corrected chi connectivity index (χ3v) is 4.02. The van der Waals surface area contributed by atoms with Crippen LogP contribution in [0, 0.1) is 6.92 Å². The summed E-state index contributed by atoms with van der Waals surface area (Å²) in [6, 6.07) is 12.7. The predicted octanol–water partition coefficient (Wildman–Crippen LogP) is 2.99. The Hall–Kier alpha value is -2.82. The van der Waals surface area contributed by atoms with Gasteiger partial charge < -0.3 is 15.2 Å². The van der Waals surface area contributed by atoms with E-state index in [-0.39, 0.29) is 17.9 Å². The maximum atomic E-state index is 12.0. The van der Waals surface area contributed by atoms with E-state index >= 15 is 0 Å². The van der Waals surface area contributed by atoms with Gasteiger partial charge in [0.05, 0.1) is 12.7 Å². The highest BCUT2D eigenvalue weighted by Crippen LogP contribution is 2.19. The first-order chi connectivity index (χ1) is 12.0. The van der Waals surface area contributed by atoms with Crippen molar-refractivity contribution >= 4 is 11.9 Å². The van der Waals surface area contributed by atoms with Crippen LogP contribution in [0.5, 0.6) is 5.75 Å². The third kappa shape index (κ3) is 5.35. The molecule has 0 aliphatic rings. The van der Waals surface area contributed by atoms with Gasteiger partial charge in [0.15, 0.2) is 0 Å². The summed E-state index contributed by atoms with van der Waals surface area (Å²) in [4.78, 5) is 23.2. The first-order valence-electron chi connectivity index (χ1n) is 8.22. The number of benzene rings is 2. The molecule has 5 heteroatoms. The van der Waals surface area contributed by atoms with Crippen LogP contribution < -0.4 is 10.1 Å². The minimum absolute atomic E-state index is 0.0909. The number of amides is 1. The molecular weight excluding hydrogens is 318 g/mol. The third-order valence-electron chi connectivity index (χ3n) is 4.02. The molecule has 5 nitrogen and oxygen atoms in total. The monoisotopic (exact) mass is 341 g/mol. The van der Waals surface area contributed by atoms with Crippen molar-refractivity contribution in [2.75, 3.05) is 13.7 Å². The summed E-state index contributed by atoms with van der Waals surface area (Å²) < 4.78 is 5.33. The summed E-state index contributed by atoms with van der Waals surface area (Å²) in [6.07, 6.45) is 1.35. The van der Waals surface area contributed by atoms with Crippen molar-refractivity contribution in [2.24, 2.45) is 0 Å². The molecule has 2 rings (SSSR count). The van der Waals surface area contributed by atoms with Crippen LogP contribution in [0.15, 0.2) is 42.5 Å². The van der Waals surface area contributed by atoms with Crippen molar-refractivity contribution in [2.45, 2.75) is 26.2 Å². The SMILES string of the molecule is COc1ccc(C)cc1CCNC(=O)CCc1ccccc1C(=O)O. The second-order valence-electron chi connectivity index (χ2n) is 5.88. The number of carboxylic acids is 1. The summed E-state index contributed by atoms with van der Waals surface area (Å²) in [5.41, 5.74) is 3.12. The van der Waals surface area contributed by atoms with Crippen LogP contribution in [0.1, 0.15) is 33.5 Å². The van der Waals surface area contributed by atoms with Crippen molar-refractivity contribution in [3.8, 4) is 5.75 Å². The Morgan fingerprint density at radius 1 is 1.08 bits per heavy atom. The smallest absolute Gasteiger partial charge is 0.335 e. The lowest BCUT2D eigenvalue weighted by Gasteiger charge is -2.11. The molecule has 0 fully saturated rings. The average molecular weight is 341 g/mol. The van der Waals surface area contributed by atoms with Gasteiger partial charge in [-0.25, -0.2) is 4.79 Å².